The third-order valence-electron chi connectivity index (χ3n) is 4.37. The second-order valence-corrected chi connectivity index (χ2v) is 6.48. The molecule has 0 spiro atoms. The first-order valence-corrected chi connectivity index (χ1v) is 8.29. The summed E-state index contributed by atoms with van der Waals surface area (Å²) in [4.78, 5) is 19.2. The quantitative estimate of drug-likeness (QED) is 0.778. The topological polar surface area (TPSA) is 64.2 Å². The molecule has 1 aliphatic heterocycles. The van der Waals surface area contributed by atoms with Gasteiger partial charge in [0.1, 0.15) is 5.82 Å². The van der Waals surface area contributed by atoms with E-state index < -0.39 is 0 Å². The van der Waals surface area contributed by atoms with Crippen LogP contribution in [0.1, 0.15) is 6.42 Å². The first-order valence-electron chi connectivity index (χ1n) is 7.92. The summed E-state index contributed by atoms with van der Waals surface area (Å²) in [6, 6.07) is 15.1. The average Bonchev–Trinajstić information content (AvgIpc) is 3.01. The molecule has 1 aromatic heterocycles. The van der Waals surface area contributed by atoms with Crippen LogP contribution in [0.25, 0.3) is 16.6 Å². The zero-order chi connectivity index (χ0) is 16.7. The van der Waals surface area contributed by atoms with Gasteiger partial charge < -0.3 is 10.6 Å². The van der Waals surface area contributed by atoms with Gasteiger partial charge >= 0.3 is 5.69 Å². The van der Waals surface area contributed by atoms with Gasteiger partial charge in [0.2, 0.25) is 0 Å². The van der Waals surface area contributed by atoms with Crippen molar-refractivity contribution in [1.29, 1.82) is 0 Å². The SMILES string of the molecule is NC1CCN(c2nc(=O)n(-c3ccccc3)c3cc(Cl)ccc23)C1. The maximum absolute atomic E-state index is 12.8. The molecule has 1 unspecified atom stereocenters. The molecule has 0 amide bonds. The number of benzene rings is 2. The third-order valence-corrected chi connectivity index (χ3v) is 4.61. The molecule has 1 saturated heterocycles. The van der Waals surface area contributed by atoms with E-state index in [0.717, 1.165) is 29.6 Å². The number of aromatic nitrogens is 2. The lowest BCUT2D eigenvalue weighted by atomic mass is 10.2. The Kier molecular flexibility index (Phi) is 3.75. The van der Waals surface area contributed by atoms with Crippen LogP contribution in [0.3, 0.4) is 0 Å². The number of hydrogen-bond acceptors (Lipinski definition) is 4. The normalized spacial score (nSPS) is 17.6. The lowest BCUT2D eigenvalue weighted by molar-refractivity contribution is 0.751. The highest BCUT2D eigenvalue weighted by molar-refractivity contribution is 6.31. The van der Waals surface area contributed by atoms with E-state index in [1.165, 1.54) is 0 Å². The summed E-state index contributed by atoms with van der Waals surface area (Å²) in [5.74, 6) is 0.687. The number of rotatable bonds is 2. The minimum absolute atomic E-state index is 0.116. The number of hydrogen-bond donors (Lipinski definition) is 1. The summed E-state index contributed by atoms with van der Waals surface area (Å²) >= 11 is 6.20. The lowest BCUT2D eigenvalue weighted by Crippen LogP contribution is -2.30. The van der Waals surface area contributed by atoms with Crippen LogP contribution in [0.15, 0.2) is 53.3 Å². The number of nitrogens with zero attached hydrogens (tertiary/aromatic N) is 3. The number of fused-ring (bicyclic) bond motifs is 1. The van der Waals surface area contributed by atoms with Gasteiger partial charge in [-0.05, 0) is 36.8 Å². The number of nitrogens with two attached hydrogens (primary N) is 1. The molecule has 1 fully saturated rings. The molecule has 2 aromatic carbocycles. The highest BCUT2D eigenvalue weighted by Crippen LogP contribution is 2.29. The number of para-hydroxylation sites is 1. The van der Waals surface area contributed by atoms with E-state index in [1.54, 1.807) is 4.57 Å². The van der Waals surface area contributed by atoms with E-state index in [9.17, 15) is 4.79 Å². The van der Waals surface area contributed by atoms with Crippen LogP contribution in [0.5, 0.6) is 0 Å². The number of halogens is 1. The predicted octanol–water partition coefficient (Wildman–Crippen LogP) is 2.58. The molecule has 0 saturated carbocycles. The molecule has 2 N–H and O–H groups in total. The Morgan fingerprint density at radius 2 is 1.96 bits per heavy atom. The van der Waals surface area contributed by atoms with Crippen LogP contribution in [0.4, 0.5) is 5.82 Å². The van der Waals surface area contributed by atoms with Crippen molar-refractivity contribution in [3.63, 3.8) is 0 Å². The average molecular weight is 341 g/mol. The molecular weight excluding hydrogens is 324 g/mol. The van der Waals surface area contributed by atoms with Gasteiger partial charge in [-0.25, -0.2) is 4.79 Å². The Bertz CT molecular complexity index is 954. The molecule has 1 atom stereocenters. The fourth-order valence-electron chi connectivity index (χ4n) is 3.23. The minimum Gasteiger partial charge on any atom is -0.354 e. The highest BCUT2D eigenvalue weighted by Gasteiger charge is 2.23. The van der Waals surface area contributed by atoms with E-state index in [2.05, 4.69) is 9.88 Å². The molecule has 3 aromatic rings. The van der Waals surface area contributed by atoms with Crippen LogP contribution >= 0.6 is 11.6 Å². The Morgan fingerprint density at radius 3 is 2.67 bits per heavy atom. The van der Waals surface area contributed by atoms with Crippen molar-refractivity contribution in [3.05, 3.63) is 64.0 Å². The summed E-state index contributed by atoms with van der Waals surface area (Å²) in [5.41, 5.74) is 7.23. The Morgan fingerprint density at radius 1 is 1.17 bits per heavy atom. The van der Waals surface area contributed by atoms with Crippen LogP contribution in [0, 0.1) is 0 Å². The van der Waals surface area contributed by atoms with Gasteiger partial charge in [0.15, 0.2) is 0 Å². The first-order chi connectivity index (χ1) is 11.6. The highest BCUT2D eigenvalue weighted by atomic mass is 35.5. The molecule has 2 heterocycles. The Balaban J connectivity index is 2.00. The van der Waals surface area contributed by atoms with E-state index in [-0.39, 0.29) is 11.7 Å². The smallest absolute Gasteiger partial charge is 0.354 e. The first kappa shape index (κ1) is 15.2. The molecule has 0 radical (unpaired) electrons. The van der Waals surface area contributed by atoms with E-state index in [4.69, 9.17) is 17.3 Å². The molecule has 6 heteroatoms. The molecule has 122 valence electrons. The van der Waals surface area contributed by atoms with Crippen molar-refractivity contribution in [2.75, 3.05) is 18.0 Å². The van der Waals surface area contributed by atoms with Gasteiger partial charge in [-0.15, -0.1) is 0 Å². The van der Waals surface area contributed by atoms with Gasteiger partial charge in [-0.3, -0.25) is 4.57 Å². The van der Waals surface area contributed by atoms with Crippen LogP contribution in [-0.4, -0.2) is 28.7 Å². The monoisotopic (exact) mass is 340 g/mol. The maximum Gasteiger partial charge on any atom is 0.354 e. The van der Waals surface area contributed by atoms with Crippen molar-refractivity contribution in [2.24, 2.45) is 5.73 Å². The molecule has 5 nitrogen and oxygen atoms in total. The third kappa shape index (κ3) is 2.56. The van der Waals surface area contributed by atoms with Gasteiger partial charge in [-0.2, -0.15) is 4.98 Å². The van der Waals surface area contributed by atoms with Crippen LogP contribution in [-0.2, 0) is 0 Å². The molecule has 0 aliphatic carbocycles. The predicted molar refractivity (Wildman–Crippen MR) is 97.2 cm³/mol. The molecule has 4 rings (SSSR count). The number of anilines is 1. The second kappa shape index (κ2) is 5.92. The Hall–Kier alpha value is -2.37. The van der Waals surface area contributed by atoms with Gasteiger partial charge in [0.25, 0.3) is 0 Å². The standard InChI is InChI=1S/C18H17ClN4O/c19-12-6-7-15-16(10-12)23(14-4-2-1-3-5-14)18(24)21-17(15)22-9-8-13(20)11-22/h1-7,10,13H,8-9,11,20H2. The van der Waals surface area contributed by atoms with Crippen molar-refractivity contribution < 1.29 is 0 Å². The van der Waals surface area contributed by atoms with E-state index >= 15 is 0 Å². The molecule has 1 aliphatic rings. The Labute approximate surface area is 144 Å². The summed E-state index contributed by atoms with van der Waals surface area (Å²) < 4.78 is 1.60. The van der Waals surface area contributed by atoms with E-state index in [0.29, 0.717) is 17.4 Å². The van der Waals surface area contributed by atoms with Crippen molar-refractivity contribution in [1.82, 2.24) is 9.55 Å². The molecule has 24 heavy (non-hydrogen) atoms. The van der Waals surface area contributed by atoms with Crippen LogP contribution in [0.2, 0.25) is 5.02 Å². The van der Waals surface area contributed by atoms with Crippen molar-refractivity contribution >= 4 is 28.3 Å². The van der Waals surface area contributed by atoms with Crippen molar-refractivity contribution in [2.45, 2.75) is 12.5 Å². The molecule has 0 bridgehead atoms. The zero-order valence-electron chi connectivity index (χ0n) is 13.0. The minimum atomic E-state index is -0.313. The zero-order valence-corrected chi connectivity index (χ0v) is 13.8. The summed E-state index contributed by atoms with van der Waals surface area (Å²) in [7, 11) is 0. The van der Waals surface area contributed by atoms with Gasteiger partial charge in [0.05, 0.1) is 11.2 Å². The van der Waals surface area contributed by atoms with Crippen molar-refractivity contribution in [3.8, 4) is 5.69 Å². The lowest BCUT2D eigenvalue weighted by Gasteiger charge is -2.20. The van der Waals surface area contributed by atoms with Crippen LogP contribution < -0.4 is 16.3 Å². The maximum atomic E-state index is 12.8. The summed E-state index contributed by atoms with van der Waals surface area (Å²) in [5, 5.41) is 1.49. The van der Waals surface area contributed by atoms with E-state index in [1.807, 2.05) is 48.5 Å². The second-order valence-electron chi connectivity index (χ2n) is 6.05. The fourth-order valence-corrected chi connectivity index (χ4v) is 3.40. The molecular formula is C18H17ClN4O. The summed E-state index contributed by atoms with van der Waals surface area (Å²) in [6.07, 6.45) is 0.901. The van der Waals surface area contributed by atoms with Gasteiger partial charge in [-0.1, -0.05) is 29.8 Å². The largest absolute Gasteiger partial charge is 0.354 e. The van der Waals surface area contributed by atoms with Gasteiger partial charge in [0, 0.05) is 29.5 Å². The summed E-state index contributed by atoms with van der Waals surface area (Å²) in [6.45, 7) is 1.51. The fraction of sp³-hybridized carbons (Fsp3) is 0.222.